The van der Waals surface area contributed by atoms with E-state index in [4.69, 9.17) is 0 Å². The summed E-state index contributed by atoms with van der Waals surface area (Å²) in [5.74, 6) is -2.77. The van der Waals surface area contributed by atoms with Gasteiger partial charge >= 0.3 is 18.3 Å². The van der Waals surface area contributed by atoms with Crippen molar-refractivity contribution < 1.29 is 44.3 Å². The second-order valence-corrected chi connectivity index (χ2v) is 6.96. The van der Waals surface area contributed by atoms with Crippen molar-refractivity contribution in [2.75, 3.05) is 12.9 Å². The summed E-state index contributed by atoms with van der Waals surface area (Å²) in [5.41, 5.74) is -1.50. The number of carbonyl (C=O) groups excluding carboxylic acids is 1. The van der Waals surface area contributed by atoms with Crippen LogP contribution in [0.4, 0.5) is 26.3 Å². The highest BCUT2D eigenvalue weighted by Crippen LogP contribution is 2.33. The first-order valence-corrected chi connectivity index (χ1v) is 8.03. The summed E-state index contributed by atoms with van der Waals surface area (Å²) >= 11 is 0. The monoisotopic (exact) mass is 378 g/mol. The van der Waals surface area contributed by atoms with Gasteiger partial charge in [-0.15, -0.1) is 0 Å². The average Bonchev–Trinajstić information content (AvgIpc) is 2.44. The molecule has 1 aromatic rings. The Balaban J connectivity index is 3.21. The molecule has 0 bridgehead atoms. The molecule has 0 aliphatic rings. The largest absolute Gasteiger partial charge is 0.468 e. The van der Waals surface area contributed by atoms with Crippen molar-refractivity contribution in [1.82, 2.24) is 0 Å². The first-order valence-electron chi connectivity index (χ1n) is 6.31. The minimum atomic E-state index is -4.77. The molecule has 0 saturated carbocycles. The Morgan fingerprint density at radius 2 is 1.58 bits per heavy atom. The number of halogens is 6. The first-order chi connectivity index (χ1) is 10.8. The van der Waals surface area contributed by atoms with Crippen molar-refractivity contribution in [1.29, 1.82) is 0 Å². The van der Waals surface area contributed by atoms with Crippen molar-refractivity contribution >= 4 is 15.8 Å². The van der Waals surface area contributed by atoms with Crippen LogP contribution < -0.4 is 0 Å². The molecule has 11 heteroatoms. The predicted octanol–water partition coefficient (Wildman–Crippen LogP) is 3.29. The SMILES string of the molecule is COC(=O)C(c1ccc(C(F)(F)F)cc1)S(=O)(=O)CCC(F)(F)F. The minimum absolute atomic E-state index is 0.406. The highest BCUT2D eigenvalue weighted by Gasteiger charge is 2.39. The van der Waals surface area contributed by atoms with E-state index in [1.807, 2.05) is 0 Å². The molecule has 0 heterocycles. The van der Waals surface area contributed by atoms with Gasteiger partial charge in [-0.1, -0.05) is 12.1 Å². The van der Waals surface area contributed by atoms with Gasteiger partial charge in [0.25, 0.3) is 0 Å². The van der Waals surface area contributed by atoms with Gasteiger partial charge in [0.15, 0.2) is 15.1 Å². The van der Waals surface area contributed by atoms with Gasteiger partial charge in [0.1, 0.15) is 0 Å². The van der Waals surface area contributed by atoms with E-state index in [1.54, 1.807) is 0 Å². The fourth-order valence-corrected chi connectivity index (χ4v) is 3.53. The number of methoxy groups -OCH3 is 1. The maximum absolute atomic E-state index is 12.5. The molecule has 0 radical (unpaired) electrons. The molecule has 0 aromatic heterocycles. The normalized spacial score (nSPS) is 14.3. The Hall–Kier alpha value is -1.78. The zero-order valence-electron chi connectivity index (χ0n) is 12.1. The third-order valence-electron chi connectivity index (χ3n) is 2.99. The molecule has 0 fully saturated rings. The van der Waals surface area contributed by atoms with Crippen molar-refractivity contribution in [3.63, 3.8) is 0 Å². The number of ether oxygens (including phenoxy) is 1. The van der Waals surface area contributed by atoms with Crippen LogP contribution in [0.25, 0.3) is 0 Å². The summed E-state index contributed by atoms with van der Waals surface area (Å²) in [6, 6.07) is 2.50. The molecule has 4 nitrogen and oxygen atoms in total. The third kappa shape index (κ3) is 5.39. The van der Waals surface area contributed by atoms with Crippen molar-refractivity contribution in [3.8, 4) is 0 Å². The van der Waals surface area contributed by atoms with E-state index in [0.717, 1.165) is 19.2 Å². The van der Waals surface area contributed by atoms with E-state index < -0.39 is 56.7 Å². The van der Waals surface area contributed by atoms with E-state index in [-0.39, 0.29) is 0 Å². The highest BCUT2D eigenvalue weighted by atomic mass is 32.2. The number of carbonyl (C=O) groups is 1. The summed E-state index contributed by atoms with van der Waals surface area (Å²) in [6.07, 6.45) is -11.1. The molecule has 1 atom stereocenters. The number of hydrogen-bond donors (Lipinski definition) is 0. The minimum Gasteiger partial charge on any atom is -0.468 e. The van der Waals surface area contributed by atoms with Crippen molar-refractivity contribution in [2.45, 2.75) is 24.0 Å². The molecule has 0 aliphatic carbocycles. The molecule has 0 spiro atoms. The zero-order chi connectivity index (χ0) is 18.8. The number of hydrogen-bond acceptors (Lipinski definition) is 4. The Morgan fingerprint density at radius 3 is 1.96 bits per heavy atom. The third-order valence-corrected chi connectivity index (χ3v) is 4.94. The van der Waals surface area contributed by atoms with Gasteiger partial charge in [0.2, 0.25) is 0 Å². The maximum atomic E-state index is 12.5. The van der Waals surface area contributed by atoms with Crippen LogP contribution in [0.3, 0.4) is 0 Å². The number of alkyl halides is 6. The first kappa shape index (κ1) is 20.3. The fraction of sp³-hybridized carbons (Fsp3) is 0.462. The van der Waals surface area contributed by atoms with E-state index in [1.165, 1.54) is 0 Å². The van der Waals surface area contributed by atoms with Gasteiger partial charge < -0.3 is 4.74 Å². The van der Waals surface area contributed by atoms with E-state index in [2.05, 4.69) is 4.74 Å². The molecule has 1 aromatic carbocycles. The molecule has 0 saturated heterocycles. The van der Waals surface area contributed by atoms with Crippen LogP contribution in [0.2, 0.25) is 0 Å². The maximum Gasteiger partial charge on any atom is 0.416 e. The highest BCUT2D eigenvalue weighted by molar-refractivity contribution is 7.92. The van der Waals surface area contributed by atoms with Crippen LogP contribution >= 0.6 is 0 Å². The van der Waals surface area contributed by atoms with Gasteiger partial charge in [-0.25, -0.2) is 8.42 Å². The number of benzene rings is 1. The standard InChI is InChI=1S/C13H12F6O4S/c1-23-11(20)10(24(21,22)7-6-12(14,15)16)8-2-4-9(5-3-8)13(17,18)19/h2-5,10H,6-7H2,1H3. The molecule has 0 aliphatic heterocycles. The molecule has 0 amide bonds. The zero-order valence-corrected chi connectivity index (χ0v) is 12.9. The molecule has 136 valence electrons. The summed E-state index contributed by atoms with van der Waals surface area (Å²) in [4.78, 5) is 11.7. The van der Waals surface area contributed by atoms with Gasteiger partial charge in [-0.05, 0) is 17.7 Å². The van der Waals surface area contributed by atoms with Gasteiger partial charge in [0, 0.05) is 0 Å². The molecule has 1 rings (SSSR count). The lowest BCUT2D eigenvalue weighted by Gasteiger charge is -2.17. The molecule has 0 N–H and O–H groups in total. The molecule has 24 heavy (non-hydrogen) atoms. The Morgan fingerprint density at radius 1 is 1.08 bits per heavy atom. The quantitative estimate of drug-likeness (QED) is 0.583. The van der Waals surface area contributed by atoms with Crippen LogP contribution in [0.5, 0.6) is 0 Å². The Bertz CT molecular complexity index is 676. The number of rotatable bonds is 5. The van der Waals surface area contributed by atoms with Crippen molar-refractivity contribution in [2.24, 2.45) is 0 Å². The topological polar surface area (TPSA) is 60.4 Å². The fourth-order valence-electron chi connectivity index (χ4n) is 1.82. The summed E-state index contributed by atoms with van der Waals surface area (Å²) in [6.45, 7) is 0. The van der Waals surface area contributed by atoms with Crippen LogP contribution in [0.15, 0.2) is 24.3 Å². The lowest BCUT2D eigenvalue weighted by molar-refractivity contribution is -0.140. The second kappa shape index (κ2) is 6.99. The Kier molecular flexibility index (Phi) is 5.91. The van der Waals surface area contributed by atoms with Gasteiger partial charge in [-0.3, -0.25) is 4.79 Å². The predicted molar refractivity (Wildman–Crippen MR) is 70.7 cm³/mol. The lowest BCUT2D eigenvalue weighted by Crippen LogP contribution is -2.28. The molecular weight excluding hydrogens is 366 g/mol. The Labute approximate surface area is 133 Å². The lowest BCUT2D eigenvalue weighted by atomic mass is 10.1. The van der Waals surface area contributed by atoms with Crippen LogP contribution in [0.1, 0.15) is 22.8 Å². The molecule has 1 unspecified atom stereocenters. The smallest absolute Gasteiger partial charge is 0.416 e. The van der Waals surface area contributed by atoms with Gasteiger partial charge in [0.05, 0.1) is 24.8 Å². The number of sulfone groups is 1. The van der Waals surface area contributed by atoms with Gasteiger partial charge in [-0.2, -0.15) is 26.3 Å². The van der Waals surface area contributed by atoms with Crippen molar-refractivity contribution in [3.05, 3.63) is 35.4 Å². The summed E-state index contributed by atoms with van der Waals surface area (Å²) < 4.78 is 102. The average molecular weight is 378 g/mol. The van der Waals surface area contributed by atoms with E-state index >= 15 is 0 Å². The van der Waals surface area contributed by atoms with E-state index in [9.17, 15) is 39.6 Å². The summed E-state index contributed by atoms with van der Waals surface area (Å²) in [7, 11) is -3.83. The van der Waals surface area contributed by atoms with Crippen LogP contribution in [-0.4, -0.2) is 33.4 Å². The van der Waals surface area contributed by atoms with Crippen LogP contribution in [-0.2, 0) is 25.5 Å². The second-order valence-electron chi connectivity index (χ2n) is 4.76. The number of esters is 1. The van der Waals surface area contributed by atoms with E-state index in [0.29, 0.717) is 12.1 Å². The van der Waals surface area contributed by atoms with Crippen LogP contribution in [0, 0.1) is 0 Å². The summed E-state index contributed by atoms with van der Waals surface area (Å²) in [5, 5.41) is -2.13. The molecular formula is C13H12F6O4S.